The molecule has 9 heteroatoms. The standard InChI is InChI=1S/C21H21N5O3S/c1-11-2-3-14(22)18(6-11)28-4-5-29-19-8-12-7-13(24-16(12)10-15(19)23)9-17-20(27)26-21(30)25-17/h2-3,6-10,27H,4-5,22-23H2,1H3,(H2,25,26,30)/b13-9-. The SMILES string of the molecule is Cc1ccc(N)c(OCCOc2cc3c(cc2N)=N/C(=C\c2[nH]c(=S)[nH]c2O)C=3)c1. The molecule has 8 nitrogen and oxygen atoms in total. The molecule has 0 unspecified atom stereocenters. The van der Waals surface area contributed by atoms with Crippen molar-refractivity contribution >= 4 is 35.7 Å². The van der Waals surface area contributed by atoms with Gasteiger partial charge in [-0.2, -0.15) is 0 Å². The average molecular weight is 423 g/mol. The number of allylic oxidation sites excluding steroid dienone is 1. The summed E-state index contributed by atoms with van der Waals surface area (Å²) >= 11 is 4.97. The third-order valence-electron chi connectivity index (χ3n) is 4.51. The van der Waals surface area contributed by atoms with E-state index in [1.54, 1.807) is 12.1 Å². The summed E-state index contributed by atoms with van der Waals surface area (Å²) in [6.45, 7) is 2.61. The lowest BCUT2D eigenvalue weighted by Gasteiger charge is -2.11. The van der Waals surface area contributed by atoms with E-state index in [1.165, 1.54) is 0 Å². The first-order valence-corrected chi connectivity index (χ1v) is 9.64. The second-order valence-electron chi connectivity index (χ2n) is 6.85. The van der Waals surface area contributed by atoms with Crippen molar-refractivity contribution in [2.45, 2.75) is 6.92 Å². The summed E-state index contributed by atoms with van der Waals surface area (Å²) in [5.74, 6) is 1.14. The number of nitrogen functional groups attached to an aromatic ring is 2. The maximum absolute atomic E-state index is 9.82. The minimum atomic E-state index is -0.0372. The lowest BCUT2D eigenvalue weighted by atomic mass is 10.2. The van der Waals surface area contributed by atoms with Gasteiger partial charge in [0.15, 0.2) is 4.77 Å². The summed E-state index contributed by atoms with van der Waals surface area (Å²) in [6.07, 6.45) is 3.56. The van der Waals surface area contributed by atoms with Crippen molar-refractivity contribution in [2.75, 3.05) is 24.7 Å². The van der Waals surface area contributed by atoms with E-state index in [2.05, 4.69) is 15.0 Å². The zero-order valence-electron chi connectivity index (χ0n) is 16.2. The summed E-state index contributed by atoms with van der Waals surface area (Å²) in [6, 6.07) is 9.21. The number of nitrogens with two attached hydrogens (primary N) is 2. The molecule has 0 saturated carbocycles. The van der Waals surface area contributed by atoms with Gasteiger partial charge in [0.1, 0.15) is 30.4 Å². The Kier molecular flexibility index (Phi) is 5.20. The Morgan fingerprint density at radius 2 is 1.80 bits per heavy atom. The summed E-state index contributed by atoms with van der Waals surface area (Å²) < 4.78 is 11.8. The average Bonchev–Trinajstić information content (AvgIpc) is 3.22. The maximum Gasteiger partial charge on any atom is 0.215 e. The first-order valence-electron chi connectivity index (χ1n) is 9.24. The number of hydrogen-bond acceptors (Lipinski definition) is 7. The van der Waals surface area contributed by atoms with Crippen molar-refractivity contribution in [1.29, 1.82) is 0 Å². The largest absolute Gasteiger partial charge is 0.493 e. The smallest absolute Gasteiger partial charge is 0.215 e. The third kappa shape index (κ3) is 4.15. The number of ether oxygens (including phenoxy) is 2. The molecule has 0 amide bonds. The van der Waals surface area contributed by atoms with Gasteiger partial charge >= 0.3 is 0 Å². The van der Waals surface area contributed by atoms with Gasteiger partial charge in [-0.25, -0.2) is 4.99 Å². The van der Waals surface area contributed by atoms with Crippen molar-refractivity contribution in [3.63, 3.8) is 0 Å². The van der Waals surface area contributed by atoms with Gasteiger partial charge in [0.05, 0.1) is 22.4 Å². The molecular weight excluding hydrogens is 402 g/mol. The Hall–Kier alpha value is -3.72. The van der Waals surface area contributed by atoms with Crippen molar-refractivity contribution < 1.29 is 14.6 Å². The highest BCUT2D eigenvalue weighted by molar-refractivity contribution is 7.71. The zero-order chi connectivity index (χ0) is 21.3. The number of hydrogen-bond donors (Lipinski definition) is 5. The summed E-state index contributed by atoms with van der Waals surface area (Å²) in [5.41, 5.74) is 15.3. The summed E-state index contributed by atoms with van der Waals surface area (Å²) in [5, 5.41) is 11.4. The molecule has 1 aromatic heterocycles. The maximum atomic E-state index is 9.82. The molecule has 0 radical (unpaired) electrons. The van der Waals surface area contributed by atoms with E-state index in [9.17, 15) is 5.11 Å². The van der Waals surface area contributed by atoms with Crippen molar-refractivity contribution in [3.05, 3.63) is 62.6 Å². The van der Waals surface area contributed by atoms with Gasteiger partial charge < -0.3 is 36.0 Å². The normalized spacial score (nSPS) is 13.6. The van der Waals surface area contributed by atoms with E-state index in [1.807, 2.05) is 37.3 Å². The molecule has 0 atom stereocenters. The topological polar surface area (TPSA) is 135 Å². The number of rotatable bonds is 6. The van der Waals surface area contributed by atoms with Gasteiger partial charge in [-0.05, 0) is 61.1 Å². The Morgan fingerprint density at radius 3 is 2.50 bits per heavy atom. The molecule has 3 aromatic rings. The molecule has 2 aromatic carbocycles. The number of anilines is 2. The zero-order valence-corrected chi connectivity index (χ0v) is 17.0. The van der Waals surface area contributed by atoms with E-state index < -0.39 is 0 Å². The predicted octanol–water partition coefficient (Wildman–Crippen LogP) is 2.16. The lowest BCUT2D eigenvalue weighted by molar-refractivity contribution is 0.218. The molecule has 0 spiro atoms. The first-order chi connectivity index (χ1) is 14.4. The van der Waals surface area contributed by atoms with E-state index in [0.29, 0.717) is 52.2 Å². The number of fused-ring (bicyclic) bond motifs is 1. The second kappa shape index (κ2) is 7.96. The number of aryl methyl sites for hydroxylation is 1. The van der Waals surface area contributed by atoms with Crippen molar-refractivity contribution in [1.82, 2.24) is 9.97 Å². The second-order valence-corrected chi connectivity index (χ2v) is 7.26. The van der Waals surface area contributed by atoms with Gasteiger partial charge in [-0.15, -0.1) is 0 Å². The molecule has 154 valence electrons. The number of aromatic amines is 2. The highest BCUT2D eigenvalue weighted by atomic mass is 32.1. The van der Waals surface area contributed by atoms with Crippen molar-refractivity contribution in [3.8, 4) is 17.4 Å². The molecule has 0 aliphatic carbocycles. The number of aromatic nitrogens is 2. The quantitative estimate of drug-likeness (QED) is 0.234. The summed E-state index contributed by atoms with van der Waals surface area (Å²) in [7, 11) is 0. The number of benzene rings is 2. The van der Waals surface area contributed by atoms with Gasteiger partial charge in [-0.3, -0.25) is 0 Å². The Balaban J connectivity index is 1.46. The molecule has 4 rings (SSSR count). The fraction of sp³-hybridized carbons (Fsp3) is 0.143. The van der Waals surface area contributed by atoms with Crippen LogP contribution in [0.3, 0.4) is 0 Å². The fourth-order valence-electron chi connectivity index (χ4n) is 3.05. The summed E-state index contributed by atoms with van der Waals surface area (Å²) in [4.78, 5) is 9.99. The Morgan fingerprint density at radius 1 is 1.07 bits per heavy atom. The molecule has 0 fully saturated rings. The van der Waals surface area contributed by atoms with Gasteiger partial charge in [-0.1, -0.05) is 6.07 Å². The molecule has 7 N–H and O–H groups in total. The number of nitrogens with one attached hydrogen (secondary N) is 2. The van der Waals surface area contributed by atoms with Gasteiger partial charge in [0.25, 0.3) is 0 Å². The predicted molar refractivity (Wildman–Crippen MR) is 118 cm³/mol. The number of nitrogens with zero attached hydrogens (tertiary/aromatic N) is 1. The van der Waals surface area contributed by atoms with E-state index in [0.717, 1.165) is 16.1 Å². The minimum absolute atomic E-state index is 0.0372. The number of imidazole rings is 1. The van der Waals surface area contributed by atoms with Crippen LogP contribution < -0.4 is 31.5 Å². The van der Waals surface area contributed by atoms with Crippen LogP contribution in [0.5, 0.6) is 17.4 Å². The molecule has 1 aliphatic heterocycles. The molecule has 2 heterocycles. The van der Waals surface area contributed by atoms with Crippen LogP contribution in [0.1, 0.15) is 11.3 Å². The van der Waals surface area contributed by atoms with Gasteiger partial charge in [0.2, 0.25) is 5.88 Å². The van der Waals surface area contributed by atoms with Crippen LogP contribution in [0.4, 0.5) is 11.4 Å². The van der Waals surface area contributed by atoms with E-state index in [-0.39, 0.29) is 5.88 Å². The molecule has 1 aliphatic rings. The molecule has 0 saturated heterocycles. The van der Waals surface area contributed by atoms with Crippen molar-refractivity contribution in [2.24, 2.45) is 4.99 Å². The van der Waals surface area contributed by atoms with Crippen LogP contribution in [0.25, 0.3) is 12.2 Å². The monoisotopic (exact) mass is 423 g/mol. The minimum Gasteiger partial charge on any atom is -0.493 e. The molecule has 0 bridgehead atoms. The van der Waals surface area contributed by atoms with E-state index >= 15 is 0 Å². The number of aromatic hydroxyl groups is 1. The van der Waals surface area contributed by atoms with Crippen LogP contribution in [0.2, 0.25) is 0 Å². The van der Waals surface area contributed by atoms with Gasteiger partial charge in [0, 0.05) is 5.22 Å². The third-order valence-corrected chi connectivity index (χ3v) is 4.71. The molecule has 30 heavy (non-hydrogen) atoms. The van der Waals surface area contributed by atoms with Crippen LogP contribution in [-0.4, -0.2) is 28.3 Å². The Labute approximate surface area is 177 Å². The number of H-pyrrole nitrogens is 2. The van der Waals surface area contributed by atoms with E-state index in [4.69, 9.17) is 33.2 Å². The molecular formula is C21H21N5O3S. The van der Waals surface area contributed by atoms with Crippen LogP contribution >= 0.6 is 12.2 Å². The van der Waals surface area contributed by atoms with Crippen LogP contribution in [0.15, 0.2) is 41.0 Å². The highest BCUT2D eigenvalue weighted by Crippen LogP contribution is 2.23. The highest BCUT2D eigenvalue weighted by Gasteiger charge is 2.09. The Bertz CT molecular complexity index is 1320. The van der Waals surface area contributed by atoms with Crippen LogP contribution in [-0.2, 0) is 0 Å². The fourth-order valence-corrected chi connectivity index (χ4v) is 3.26. The van der Waals surface area contributed by atoms with Crippen LogP contribution in [0, 0.1) is 11.7 Å². The first kappa shape index (κ1) is 19.6. The lowest BCUT2D eigenvalue weighted by Crippen LogP contribution is -2.23.